The molecule has 0 unspecified atom stereocenters. The van der Waals surface area contributed by atoms with Crippen molar-refractivity contribution in [3.8, 4) is 11.5 Å². The Morgan fingerprint density at radius 2 is 2.04 bits per heavy atom. The van der Waals surface area contributed by atoms with E-state index in [0.29, 0.717) is 22.7 Å². The molecule has 0 radical (unpaired) electrons. The Kier molecular flexibility index (Phi) is 4.76. The molecule has 2 aromatic rings. The van der Waals surface area contributed by atoms with Crippen LogP contribution in [0, 0.1) is 0 Å². The molecule has 1 fully saturated rings. The van der Waals surface area contributed by atoms with E-state index in [-0.39, 0.29) is 12.0 Å². The van der Waals surface area contributed by atoms with Gasteiger partial charge in [0.2, 0.25) is 0 Å². The van der Waals surface area contributed by atoms with E-state index in [2.05, 4.69) is 10.3 Å². The molecule has 23 heavy (non-hydrogen) atoms. The molecule has 0 aliphatic heterocycles. The van der Waals surface area contributed by atoms with E-state index in [9.17, 15) is 4.79 Å². The molecule has 1 aliphatic carbocycles. The van der Waals surface area contributed by atoms with Crippen LogP contribution in [0.1, 0.15) is 36.0 Å². The van der Waals surface area contributed by atoms with Crippen molar-refractivity contribution >= 4 is 11.6 Å². The van der Waals surface area contributed by atoms with Gasteiger partial charge in [0.25, 0.3) is 5.91 Å². The molecule has 5 heteroatoms. The van der Waals surface area contributed by atoms with Gasteiger partial charge < -0.3 is 14.8 Å². The second kappa shape index (κ2) is 7.13. The highest BCUT2D eigenvalue weighted by atomic mass is 16.5. The average molecular weight is 312 g/mol. The second-order valence-corrected chi connectivity index (χ2v) is 5.59. The smallest absolute Gasteiger partial charge is 0.255 e. The Morgan fingerprint density at radius 3 is 2.74 bits per heavy atom. The van der Waals surface area contributed by atoms with E-state index < -0.39 is 0 Å². The summed E-state index contributed by atoms with van der Waals surface area (Å²) in [5.74, 6) is 1.07. The third-order valence-corrected chi connectivity index (χ3v) is 3.94. The molecule has 0 spiro atoms. The van der Waals surface area contributed by atoms with Crippen LogP contribution in [0.5, 0.6) is 11.5 Å². The molecule has 120 valence electrons. The molecule has 0 saturated heterocycles. The van der Waals surface area contributed by atoms with E-state index in [1.165, 1.54) is 12.8 Å². The first-order valence-electron chi connectivity index (χ1n) is 7.82. The number of hydrogen-bond acceptors (Lipinski definition) is 4. The van der Waals surface area contributed by atoms with Gasteiger partial charge in [-0.25, -0.2) is 0 Å². The summed E-state index contributed by atoms with van der Waals surface area (Å²) in [5.41, 5.74) is 1.19. The zero-order valence-corrected chi connectivity index (χ0v) is 13.1. The Morgan fingerprint density at radius 1 is 1.22 bits per heavy atom. The van der Waals surface area contributed by atoms with Gasteiger partial charge in [-0.2, -0.15) is 0 Å². The third-order valence-electron chi connectivity index (χ3n) is 3.94. The van der Waals surface area contributed by atoms with E-state index in [1.807, 2.05) is 0 Å². The highest BCUT2D eigenvalue weighted by Gasteiger charge is 2.19. The summed E-state index contributed by atoms with van der Waals surface area (Å²) in [4.78, 5) is 16.4. The van der Waals surface area contributed by atoms with Gasteiger partial charge in [0.15, 0.2) is 11.5 Å². The average Bonchev–Trinajstić information content (AvgIpc) is 3.09. The van der Waals surface area contributed by atoms with E-state index >= 15 is 0 Å². The summed E-state index contributed by atoms with van der Waals surface area (Å²) in [6.45, 7) is 0. The summed E-state index contributed by atoms with van der Waals surface area (Å²) >= 11 is 0. The van der Waals surface area contributed by atoms with E-state index in [0.717, 1.165) is 12.8 Å². The topological polar surface area (TPSA) is 60.5 Å². The van der Waals surface area contributed by atoms with Crippen LogP contribution in [-0.2, 0) is 0 Å². The molecule has 1 aliphatic rings. The van der Waals surface area contributed by atoms with Gasteiger partial charge in [-0.1, -0.05) is 0 Å². The van der Waals surface area contributed by atoms with Crippen LogP contribution >= 0.6 is 0 Å². The number of aromatic nitrogens is 1. The molecular weight excluding hydrogens is 292 g/mol. The maximum atomic E-state index is 12.4. The summed E-state index contributed by atoms with van der Waals surface area (Å²) in [6.07, 6.45) is 7.96. The van der Waals surface area contributed by atoms with Gasteiger partial charge >= 0.3 is 0 Å². The minimum atomic E-state index is -0.197. The van der Waals surface area contributed by atoms with Crippen LogP contribution in [0.2, 0.25) is 0 Å². The van der Waals surface area contributed by atoms with Crippen LogP contribution in [0.15, 0.2) is 42.7 Å². The number of nitrogens with one attached hydrogen (secondary N) is 1. The monoisotopic (exact) mass is 312 g/mol. The molecular formula is C18H20N2O3. The lowest BCUT2D eigenvalue weighted by molar-refractivity contribution is 0.102. The quantitative estimate of drug-likeness (QED) is 0.915. The van der Waals surface area contributed by atoms with E-state index in [1.54, 1.807) is 49.8 Å². The first kappa shape index (κ1) is 15.3. The lowest BCUT2D eigenvalue weighted by atomic mass is 10.1. The predicted molar refractivity (Wildman–Crippen MR) is 88.1 cm³/mol. The van der Waals surface area contributed by atoms with Crippen LogP contribution in [-0.4, -0.2) is 24.1 Å². The Balaban J connectivity index is 1.77. The van der Waals surface area contributed by atoms with Gasteiger partial charge in [0.1, 0.15) is 0 Å². The van der Waals surface area contributed by atoms with Gasteiger partial charge in [-0.05, 0) is 56.0 Å². The van der Waals surface area contributed by atoms with Gasteiger partial charge in [0.05, 0.1) is 25.1 Å². The van der Waals surface area contributed by atoms with Crippen molar-refractivity contribution in [3.05, 3.63) is 48.3 Å². The molecule has 5 nitrogen and oxygen atoms in total. The molecule has 0 bridgehead atoms. The molecule has 1 heterocycles. The number of nitrogens with zero attached hydrogens (tertiary/aromatic N) is 1. The highest BCUT2D eigenvalue weighted by Crippen LogP contribution is 2.32. The van der Waals surface area contributed by atoms with Gasteiger partial charge in [-0.3, -0.25) is 9.78 Å². The predicted octanol–water partition coefficient (Wildman–Crippen LogP) is 3.66. The van der Waals surface area contributed by atoms with Gasteiger partial charge in [-0.15, -0.1) is 0 Å². The second-order valence-electron chi connectivity index (χ2n) is 5.59. The zero-order chi connectivity index (χ0) is 16.1. The van der Waals surface area contributed by atoms with Crippen LogP contribution in [0.4, 0.5) is 5.69 Å². The van der Waals surface area contributed by atoms with Crippen molar-refractivity contribution in [1.29, 1.82) is 0 Å². The summed E-state index contributed by atoms with van der Waals surface area (Å²) < 4.78 is 11.4. The van der Waals surface area contributed by atoms with Crippen LogP contribution < -0.4 is 14.8 Å². The number of carbonyl (C=O) groups is 1. The summed E-state index contributed by atoms with van der Waals surface area (Å²) in [5, 5.41) is 2.82. The molecule has 1 saturated carbocycles. The van der Waals surface area contributed by atoms with Crippen molar-refractivity contribution in [2.45, 2.75) is 31.8 Å². The fourth-order valence-electron chi connectivity index (χ4n) is 2.74. The minimum Gasteiger partial charge on any atom is -0.493 e. The minimum absolute atomic E-state index is 0.197. The van der Waals surface area contributed by atoms with Crippen molar-refractivity contribution in [2.24, 2.45) is 0 Å². The maximum absolute atomic E-state index is 12.4. The number of rotatable bonds is 5. The summed E-state index contributed by atoms with van der Waals surface area (Å²) in [6, 6.07) is 8.81. The fourth-order valence-corrected chi connectivity index (χ4v) is 2.74. The first-order valence-corrected chi connectivity index (χ1v) is 7.82. The number of methoxy groups -OCH3 is 1. The van der Waals surface area contributed by atoms with Crippen LogP contribution in [0.3, 0.4) is 0 Å². The maximum Gasteiger partial charge on any atom is 0.255 e. The summed E-state index contributed by atoms with van der Waals surface area (Å²) in [7, 11) is 1.60. The van der Waals surface area contributed by atoms with E-state index in [4.69, 9.17) is 9.47 Å². The normalized spacial score (nSPS) is 14.5. The number of amides is 1. The van der Waals surface area contributed by atoms with Crippen LogP contribution in [0.25, 0.3) is 0 Å². The van der Waals surface area contributed by atoms with Crippen molar-refractivity contribution in [3.63, 3.8) is 0 Å². The number of anilines is 1. The molecule has 0 atom stereocenters. The Labute approximate surface area is 135 Å². The lowest BCUT2D eigenvalue weighted by Crippen LogP contribution is -2.14. The standard InChI is InChI=1S/C18H20N2O3/c1-22-16-9-8-13(11-17(16)23-15-6-2-3-7-15)18(21)20-14-5-4-10-19-12-14/h4-5,8-12,15H,2-3,6-7H2,1H3,(H,20,21). The number of carbonyl (C=O) groups excluding carboxylic acids is 1. The number of ether oxygens (including phenoxy) is 2. The van der Waals surface area contributed by atoms with Crippen molar-refractivity contribution < 1.29 is 14.3 Å². The highest BCUT2D eigenvalue weighted by molar-refractivity contribution is 6.04. The molecule has 3 rings (SSSR count). The first-order chi connectivity index (χ1) is 11.3. The number of hydrogen-bond donors (Lipinski definition) is 1. The number of pyridine rings is 1. The lowest BCUT2D eigenvalue weighted by Gasteiger charge is -2.16. The number of benzene rings is 1. The molecule has 1 aromatic heterocycles. The third kappa shape index (κ3) is 3.80. The Bertz CT molecular complexity index is 667. The van der Waals surface area contributed by atoms with Crippen molar-refractivity contribution in [1.82, 2.24) is 4.98 Å². The Hall–Kier alpha value is -2.56. The van der Waals surface area contributed by atoms with Crippen molar-refractivity contribution in [2.75, 3.05) is 12.4 Å². The fraction of sp³-hybridized carbons (Fsp3) is 0.333. The van der Waals surface area contributed by atoms with Gasteiger partial charge in [0, 0.05) is 11.8 Å². The SMILES string of the molecule is COc1ccc(C(=O)Nc2cccnc2)cc1OC1CCCC1. The molecule has 1 amide bonds. The zero-order valence-electron chi connectivity index (χ0n) is 13.1. The largest absolute Gasteiger partial charge is 0.493 e. The molecule has 1 aromatic carbocycles. The molecule has 1 N–H and O–H groups in total.